The van der Waals surface area contributed by atoms with Crippen molar-refractivity contribution >= 4 is 32.6 Å². The number of pyridine rings is 1. The Kier molecular flexibility index (Phi) is 9.39. The molecule has 0 radical (unpaired) electrons. The average molecular weight is 434 g/mol. The number of benzene rings is 2. The molecule has 4 aromatic rings. The summed E-state index contributed by atoms with van der Waals surface area (Å²) in [7, 11) is 1.62. The van der Waals surface area contributed by atoms with Gasteiger partial charge in [-0.25, -0.2) is 4.98 Å². The van der Waals surface area contributed by atoms with Gasteiger partial charge in [0.1, 0.15) is 11.4 Å². The first-order valence-electron chi connectivity index (χ1n) is 9.74. The van der Waals surface area contributed by atoms with E-state index in [1.54, 1.807) is 25.4 Å². The van der Waals surface area contributed by atoms with E-state index in [4.69, 9.17) is 4.74 Å². The van der Waals surface area contributed by atoms with Crippen LogP contribution in [0.3, 0.4) is 0 Å². The molecule has 2 heterocycles. The smallest absolute Gasteiger partial charge is 0.276 e. The molecule has 2 aromatic carbocycles. The van der Waals surface area contributed by atoms with E-state index < -0.39 is 0 Å². The minimum atomic E-state index is -0.263. The summed E-state index contributed by atoms with van der Waals surface area (Å²) >= 11 is 1.40. The number of aromatic nitrogens is 2. The second-order valence-electron chi connectivity index (χ2n) is 6.59. The number of aryl methyl sites for hydroxylation is 2. The fraction of sp³-hybridized carbons (Fsp3) is 0.160. The summed E-state index contributed by atoms with van der Waals surface area (Å²) in [6.45, 7) is 9.26. The van der Waals surface area contributed by atoms with E-state index in [9.17, 15) is 4.79 Å². The Hall–Kier alpha value is -3.51. The van der Waals surface area contributed by atoms with Crippen molar-refractivity contribution in [3.8, 4) is 5.75 Å². The highest BCUT2D eigenvalue weighted by Gasteiger charge is 2.11. The van der Waals surface area contributed by atoms with Crippen LogP contribution in [0.1, 0.15) is 28.5 Å². The summed E-state index contributed by atoms with van der Waals surface area (Å²) in [6.07, 6.45) is 3.41. The number of carbonyl (C=O) groups is 1. The molecule has 0 spiro atoms. The number of hydrogen-bond donors (Lipinski definition) is 1. The average Bonchev–Trinajstić information content (AvgIpc) is 3.17. The molecule has 0 aliphatic heterocycles. The Morgan fingerprint density at radius 3 is 2.32 bits per heavy atom. The SMILES string of the molecule is C=CC.COc1ccc2nc(NC(=O)c3ccc(C)cn3)sc2c1.Cc1ccccc1. The van der Waals surface area contributed by atoms with Crippen molar-refractivity contribution in [2.75, 3.05) is 12.4 Å². The van der Waals surface area contributed by atoms with Crippen LogP contribution in [-0.4, -0.2) is 23.0 Å². The van der Waals surface area contributed by atoms with Gasteiger partial charge < -0.3 is 4.74 Å². The van der Waals surface area contributed by atoms with E-state index in [0.717, 1.165) is 21.5 Å². The zero-order valence-electron chi connectivity index (χ0n) is 18.3. The molecule has 31 heavy (non-hydrogen) atoms. The van der Waals surface area contributed by atoms with Crippen LogP contribution in [0, 0.1) is 13.8 Å². The lowest BCUT2D eigenvalue weighted by Crippen LogP contribution is -2.13. The normalized spacial score (nSPS) is 9.55. The van der Waals surface area contributed by atoms with Crippen LogP contribution < -0.4 is 10.1 Å². The van der Waals surface area contributed by atoms with Gasteiger partial charge in [0, 0.05) is 6.20 Å². The molecule has 0 fully saturated rings. The van der Waals surface area contributed by atoms with Crippen LogP contribution in [0.4, 0.5) is 5.13 Å². The third-order valence-electron chi connectivity index (χ3n) is 3.90. The van der Waals surface area contributed by atoms with Crippen LogP contribution in [0.2, 0.25) is 0 Å². The summed E-state index contributed by atoms with van der Waals surface area (Å²) in [4.78, 5) is 20.6. The third kappa shape index (κ3) is 7.68. The summed E-state index contributed by atoms with van der Waals surface area (Å²) in [6, 6.07) is 19.4. The fourth-order valence-corrected chi connectivity index (χ4v) is 3.27. The molecule has 0 bridgehead atoms. The number of amides is 1. The zero-order chi connectivity index (χ0) is 22.6. The first kappa shape index (κ1) is 23.8. The molecule has 0 saturated carbocycles. The third-order valence-corrected chi connectivity index (χ3v) is 4.83. The quantitative estimate of drug-likeness (QED) is 0.377. The van der Waals surface area contributed by atoms with Crippen molar-refractivity contribution < 1.29 is 9.53 Å². The number of anilines is 1. The second kappa shape index (κ2) is 12.2. The minimum absolute atomic E-state index is 0.263. The molecule has 0 atom stereocenters. The summed E-state index contributed by atoms with van der Waals surface area (Å²) in [5.41, 5.74) is 3.53. The number of methoxy groups -OCH3 is 1. The summed E-state index contributed by atoms with van der Waals surface area (Å²) < 4.78 is 6.13. The molecule has 0 saturated heterocycles. The summed E-state index contributed by atoms with van der Waals surface area (Å²) in [5.74, 6) is 0.505. The van der Waals surface area contributed by atoms with Crippen LogP contribution >= 0.6 is 11.3 Å². The molecule has 6 heteroatoms. The van der Waals surface area contributed by atoms with Gasteiger partial charge in [-0.15, -0.1) is 6.58 Å². The first-order chi connectivity index (χ1) is 15.0. The van der Waals surface area contributed by atoms with Gasteiger partial charge in [-0.3, -0.25) is 15.1 Å². The Morgan fingerprint density at radius 2 is 1.77 bits per heavy atom. The number of nitrogens with one attached hydrogen (secondary N) is 1. The van der Waals surface area contributed by atoms with E-state index in [2.05, 4.69) is 40.9 Å². The lowest BCUT2D eigenvalue weighted by molar-refractivity contribution is 0.102. The van der Waals surface area contributed by atoms with Gasteiger partial charge in [-0.05, 0) is 50.6 Å². The molecule has 1 N–H and O–H groups in total. The van der Waals surface area contributed by atoms with Crippen LogP contribution in [-0.2, 0) is 0 Å². The van der Waals surface area contributed by atoms with Crippen molar-refractivity contribution in [3.05, 3.63) is 96.3 Å². The lowest BCUT2D eigenvalue weighted by atomic mass is 10.2. The minimum Gasteiger partial charge on any atom is -0.497 e. The number of allylic oxidation sites excluding steroid dienone is 1. The van der Waals surface area contributed by atoms with Crippen molar-refractivity contribution in [2.24, 2.45) is 0 Å². The summed E-state index contributed by atoms with van der Waals surface area (Å²) in [5, 5.41) is 3.32. The van der Waals surface area contributed by atoms with Crippen molar-refractivity contribution in [1.29, 1.82) is 0 Å². The van der Waals surface area contributed by atoms with E-state index in [-0.39, 0.29) is 5.91 Å². The highest BCUT2D eigenvalue weighted by atomic mass is 32.1. The maximum absolute atomic E-state index is 12.1. The number of fused-ring (bicyclic) bond motifs is 1. The highest BCUT2D eigenvalue weighted by molar-refractivity contribution is 7.22. The Morgan fingerprint density at radius 1 is 1.06 bits per heavy atom. The van der Waals surface area contributed by atoms with Gasteiger partial charge in [0.15, 0.2) is 5.13 Å². The number of carbonyl (C=O) groups excluding carboxylic acids is 1. The van der Waals surface area contributed by atoms with Crippen LogP contribution in [0.25, 0.3) is 10.2 Å². The largest absolute Gasteiger partial charge is 0.497 e. The fourth-order valence-electron chi connectivity index (χ4n) is 2.38. The van der Waals surface area contributed by atoms with Gasteiger partial charge >= 0.3 is 0 Å². The Balaban J connectivity index is 0.000000284. The van der Waals surface area contributed by atoms with Crippen molar-refractivity contribution in [1.82, 2.24) is 9.97 Å². The highest BCUT2D eigenvalue weighted by Crippen LogP contribution is 2.29. The Bertz CT molecular complexity index is 1110. The number of rotatable bonds is 3. The second-order valence-corrected chi connectivity index (χ2v) is 7.62. The molecule has 2 aromatic heterocycles. The molecular weight excluding hydrogens is 406 g/mol. The predicted octanol–water partition coefficient (Wildman–Crippen LogP) is 6.45. The molecule has 0 unspecified atom stereocenters. The molecule has 0 aliphatic carbocycles. The molecule has 160 valence electrons. The monoisotopic (exact) mass is 433 g/mol. The van der Waals surface area contributed by atoms with Gasteiger partial charge in [-0.1, -0.05) is 59.4 Å². The molecule has 4 rings (SSSR count). The van der Waals surface area contributed by atoms with E-state index >= 15 is 0 Å². The van der Waals surface area contributed by atoms with Crippen LogP contribution in [0.15, 0.2) is 79.5 Å². The maximum atomic E-state index is 12.1. The topological polar surface area (TPSA) is 64.1 Å². The van der Waals surface area contributed by atoms with Gasteiger partial charge in [-0.2, -0.15) is 0 Å². The predicted molar refractivity (Wildman–Crippen MR) is 130 cm³/mol. The van der Waals surface area contributed by atoms with E-state index in [1.165, 1.54) is 16.9 Å². The van der Waals surface area contributed by atoms with E-state index in [0.29, 0.717) is 10.8 Å². The number of nitrogens with zero attached hydrogens (tertiary/aromatic N) is 2. The number of thiazole rings is 1. The number of ether oxygens (including phenoxy) is 1. The van der Waals surface area contributed by atoms with Crippen molar-refractivity contribution in [2.45, 2.75) is 20.8 Å². The molecular formula is C25H27N3O2S. The lowest BCUT2D eigenvalue weighted by Gasteiger charge is -2.00. The van der Waals surface area contributed by atoms with Crippen molar-refractivity contribution in [3.63, 3.8) is 0 Å². The zero-order valence-corrected chi connectivity index (χ0v) is 19.1. The molecule has 0 aliphatic rings. The standard InChI is InChI=1S/C15H13N3O2S.C7H8.C3H6/c1-9-3-5-12(16-8-9)14(19)18-15-17-11-6-4-10(20-2)7-13(11)21-15;1-7-5-3-2-4-6-7;1-3-2/h3-8H,1-2H3,(H,17,18,19);2-6H,1H3;3H,1H2,2H3. The molecule has 1 amide bonds. The molecule has 5 nitrogen and oxygen atoms in total. The maximum Gasteiger partial charge on any atom is 0.276 e. The number of hydrogen-bond acceptors (Lipinski definition) is 5. The van der Waals surface area contributed by atoms with E-state index in [1.807, 2.05) is 56.3 Å². The van der Waals surface area contributed by atoms with Gasteiger partial charge in [0.05, 0.1) is 17.3 Å². The Labute approximate surface area is 187 Å². The first-order valence-corrected chi connectivity index (χ1v) is 10.6. The van der Waals surface area contributed by atoms with Gasteiger partial charge in [0.2, 0.25) is 0 Å². The van der Waals surface area contributed by atoms with Crippen LogP contribution in [0.5, 0.6) is 5.75 Å². The van der Waals surface area contributed by atoms with Gasteiger partial charge in [0.25, 0.3) is 5.91 Å².